The number of hydrogen-bond donors (Lipinski definition) is 0. The largest absolute Gasteiger partial charge is 0.472 e. The van der Waals surface area contributed by atoms with Gasteiger partial charge in [-0.05, 0) is 41.5 Å². The van der Waals surface area contributed by atoms with Crippen molar-refractivity contribution in [3.8, 4) is 33.8 Å². The number of carbonyl (C=O) groups is 1. The smallest absolute Gasteiger partial charge is 0.433 e. The summed E-state index contributed by atoms with van der Waals surface area (Å²) in [7, 11) is 0. The Labute approximate surface area is 180 Å². The lowest BCUT2D eigenvalue weighted by atomic mass is 9.98. The van der Waals surface area contributed by atoms with Gasteiger partial charge in [-0.3, -0.25) is 4.79 Å². The molecule has 4 aromatic rings. The highest BCUT2D eigenvalue weighted by molar-refractivity contribution is 5.97. The second-order valence-corrected chi connectivity index (χ2v) is 7.02. The maximum absolute atomic E-state index is 14.0. The molecule has 162 valence electrons. The minimum absolute atomic E-state index is 0.0343. The standard InChI is InChI=1S/C24H16F4N2O2/c1-2-21(31)18-11-15(6-7-19(18)25)14-4-3-5-16(10-14)23-29-20(17-8-9-32-13-17)12-22(30-23)24(26,27)28/h3-13H,2H2,1H3. The van der Waals surface area contributed by atoms with Gasteiger partial charge in [0.2, 0.25) is 0 Å². The van der Waals surface area contributed by atoms with E-state index in [9.17, 15) is 22.4 Å². The molecular formula is C24H16F4N2O2. The molecule has 8 heteroatoms. The van der Waals surface area contributed by atoms with E-state index in [1.807, 2.05) is 0 Å². The monoisotopic (exact) mass is 440 g/mol. The van der Waals surface area contributed by atoms with Crippen molar-refractivity contribution in [2.45, 2.75) is 19.5 Å². The molecule has 2 heterocycles. The Morgan fingerprint density at radius 1 is 0.938 bits per heavy atom. The van der Waals surface area contributed by atoms with E-state index in [0.29, 0.717) is 22.3 Å². The lowest BCUT2D eigenvalue weighted by Crippen LogP contribution is -2.10. The maximum atomic E-state index is 14.0. The molecule has 0 saturated heterocycles. The van der Waals surface area contributed by atoms with E-state index in [1.54, 1.807) is 31.2 Å². The lowest BCUT2D eigenvalue weighted by molar-refractivity contribution is -0.141. The van der Waals surface area contributed by atoms with Crippen molar-refractivity contribution in [1.29, 1.82) is 0 Å². The summed E-state index contributed by atoms with van der Waals surface area (Å²) in [6.07, 6.45) is -1.88. The second kappa shape index (κ2) is 8.37. The van der Waals surface area contributed by atoms with Crippen LogP contribution in [0.4, 0.5) is 17.6 Å². The predicted octanol–water partition coefficient (Wildman–Crippen LogP) is 6.82. The highest BCUT2D eigenvalue weighted by Gasteiger charge is 2.34. The van der Waals surface area contributed by atoms with Gasteiger partial charge in [-0.25, -0.2) is 14.4 Å². The summed E-state index contributed by atoms with van der Waals surface area (Å²) < 4.78 is 59.4. The molecule has 0 aliphatic heterocycles. The third-order valence-electron chi connectivity index (χ3n) is 4.88. The van der Waals surface area contributed by atoms with Crippen molar-refractivity contribution >= 4 is 5.78 Å². The Morgan fingerprint density at radius 2 is 1.69 bits per heavy atom. The number of carbonyl (C=O) groups excluding carboxylic acids is 1. The van der Waals surface area contributed by atoms with Crippen LogP contribution >= 0.6 is 0 Å². The molecule has 0 fully saturated rings. The molecule has 0 unspecified atom stereocenters. The molecule has 0 atom stereocenters. The Kier molecular flexibility index (Phi) is 5.61. The Bertz CT molecular complexity index is 1280. The number of rotatable bonds is 5. The number of benzene rings is 2. The number of hydrogen-bond acceptors (Lipinski definition) is 4. The van der Waals surface area contributed by atoms with Gasteiger partial charge in [0, 0.05) is 17.5 Å². The van der Waals surface area contributed by atoms with Gasteiger partial charge in [0.05, 0.1) is 23.8 Å². The Balaban J connectivity index is 1.82. The van der Waals surface area contributed by atoms with Gasteiger partial charge in [0.25, 0.3) is 0 Å². The SMILES string of the molecule is CCC(=O)c1cc(-c2cccc(-c3nc(-c4ccoc4)cc(C(F)(F)F)n3)c2)ccc1F. The molecule has 32 heavy (non-hydrogen) atoms. The van der Waals surface area contributed by atoms with Crippen LogP contribution in [0, 0.1) is 5.82 Å². The molecule has 0 amide bonds. The summed E-state index contributed by atoms with van der Waals surface area (Å²) in [5.74, 6) is -1.08. The van der Waals surface area contributed by atoms with Crippen molar-refractivity contribution in [2.24, 2.45) is 0 Å². The quantitative estimate of drug-likeness (QED) is 0.252. The van der Waals surface area contributed by atoms with E-state index < -0.39 is 17.7 Å². The molecule has 0 N–H and O–H groups in total. The van der Waals surface area contributed by atoms with Crippen LogP contribution in [0.5, 0.6) is 0 Å². The van der Waals surface area contributed by atoms with E-state index in [0.717, 1.165) is 6.07 Å². The van der Waals surface area contributed by atoms with Crippen LogP contribution in [-0.4, -0.2) is 15.8 Å². The van der Waals surface area contributed by atoms with Crippen LogP contribution in [0.25, 0.3) is 33.8 Å². The Hall–Kier alpha value is -3.81. The van der Waals surface area contributed by atoms with Crippen molar-refractivity contribution in [2.75, 3.05) is 0 Å². The molecule has 2 aromatic heterocycles. The summed E-state index contributed by atoms with van der Waals surface area (Å²) >= 11 is 0. The molecule has 2 aromatic carbocycles. The Morgan fingerprint density at radius 3 is 2.38 bits per heavy atom. The van der Waals surface area contributed by atoms with Gasteiger partial charge >= 0.3 is 6.18 Å². The lowest BCUT2D eigenvalue weighted by Gasteiger charge is -2.11. The van der Waals surface area contributed by atoms with Crippen molar-refractivity contribution in [3.05, 3.63) is 84.2 Å². The first-order valence-corrected chi connectivity index (χ1v) is 9.68. The molecule has 0 bridgehead atoms. The average molecular weight is 440 g/mol. The number of halogens is 4. The minimum Gasteiger partial charge on any atom is -0.472 e. The molecular weight excluding hydrogens is 424 g/mol. The summed E-state index contributed by atoms with van der Waals surface area (Å²) in [5, 5.41) is 0. The summed E-state index contributed by atoms with van der Waals surface area (Å²) in [6, 6.07) is 13.0. The normalized spacial score (nSPS) is 11.5. The van der Waals surface area contributed by atoms with Crippen molar-refractivity contribution in [1.82, 2.24) is 9.97 Å². The fourth-order valence-corrected chi connectivity index (χ4v) is 3.23. The second-order valence-electron chi connectivity index (χ2n) is 7.02. The zero-order valence-electron chi connectivity index (χ0n) is 16.8. The molecule has 0 spiro atoms. The zero-order chi connectivity index (χ0) is 22.9. The third-order valence-corrected chi connectivity index (χ3v) is 4.88. The highest BCUT2D eigenvalue weighted by atomic mass is 19.4. The molecule has 4 nitrogen and oxygen atoms in total. The molecule has 0 radical (unpaired) electrons. The number of ketones is 1. The van der Waals surface area contributed by atoms with E-state index in [1.165, 1.54) is 36.8 Å². The number of alkyl halides is 3. The topological polar surface area (TPSA) is 56.0 Å². The molecule has 0 aliphatic carbocycles. The summed E-state index contributed by atoms with van der Waals surface area (Å²) in [6.45, 7) is 1.64. The minimum atomic E-state index is -4.67. The fourth-order valence-electron chi connectivity index (χ4n) is 3.23. The van der Waals surface area contributed by atoms with Crippen molar-refractivity contribution < 1.29 is 26.8 Å². The van der Waals surface area contributed by atoms with E-state index >= 15 is 0 Å². The first-order valence-electron chi connectivity index (χ1n) is 9.68. The van der Waals surface area contributed by atoms with E-state index in [4.69, 9.17) is 4.42 Å². The van der Waals surface area contributed by atoms with Gasteiger partial charge in [-0.15, -0.1) is 0 Å². The van der Waals surface area contributed by atoms with Crippen LogP contribution in [0.3, 0.4) is 0 Å². The number of nitrogens with zero attached hydrogens (tertiary/aromatic N) is 2. The highest BCUT2D eigenvalue weighted by Crippen LogP contribution is 2.33. The predicted molar refractivity (Wildman–Crippen MR) is 110 cm³/mol. The summed E-state index contributed by atoms with van der Waals surface area (Å²) in [4.78, 5) is 20.0. The van der Waals surface area contributed by atoms with Gasteiger partial charge in [0.1, 0.15) is 11.5 Å². The van der Waals surface area contributed by atoms with Gasteiger partial charge in [-0.1, -0.05) is 31.2 Å². The first kappa shape index (κ1) is 21.4. The summed E-state index contributed by atoms with van der Waals surface area (Å²) in [5.41, 5.74) is 0.807. The number of aromatic nitrogens is 2. The van der Waals surface area contributed by atoms with E-state index in [2.05, 4.69) is 9.97 Å². The molecule has 0 saturated carbocycles. The van der Waals surface area contributed by atoms with Gasteiger partial charge < -0.3 is 4.42 Å². The van der Waals surface area contributed by atoms with E-state index in [-0.39, 0.29) is 29.3 Å². The fraction of sp³-hybridized carbons (Fsp3) is 0.125. The maximum Gasteiger partial charge on any atom is 0.433 e. The number of furan rings is 1. The number of Topliss-reactive ketones (excluding diaryl/α,β-unsaturated/α-hetero) is 1. The van der Waals surface area contributed by atoms with Crippen LogP contribution in [0.15, 0.2) is 71.5 Å². The average Bonchev–Trinajstić information content (AvgIpc) is 3.33. The van der Waals surface area contributed by atoms with Gasteiger partial charge in [-0.2, -0.15) is 13.2 Å². The van der Waals surface area contributed by atoms with Crippen LogP contribution in [0.2, 0.25) is 0 Å². The first-order chi connectivity index (χ1) is 15.3. The van der Waals surface area contributed by atoms with Crippen LogP contribution in [0.1, 0.15) is 29.4 Å². The van der Waals surface area contributed by atoms with Crippen molar-refractivity contribution in [3.63, 3.8) is 0 Å². The molecule has 4 rings (SSSR count). The van der Waals surface area contributed by atoms with Gasteiger partial charge in [0.15, 0.2) is 11.6 Å². The van der Waals surface area contributed by atoms with Crippen LogP contribution in [-0.2, 0) is 6.18 Å². The third kappa shape index (κ3) is 4.30. The van der Waals surface area contributed by atoms with Crippen LogP contribution < -0.4 is 0 Å². The molecule has 0 aliphatic rings. The zero-order valence-corrected chi connectivity index (χ0v) is 16.8.